The van der Waals surface area contributed by atoms with Gasteiger partial charge in [0.05, 0.1) is 22.9 Å². The molecular formula is C22H24N4O4S. The van der Waals surface area contributed by atoms with E-state index in [9.17, 15) is 13.2 Å². The summed E-state index contributed by atoms with van der Waals surface area (Å²) in [6, 6.07) is 15.5. The first-order chi connectivity index (χ1) is 15.0. The zero-order valence-corrected chi connectivity index (χ0v) is 18.0. The van der Waals surface area contributed by atoms with E-state index in [1.54, 1.807) is 4.68 Å². The molecule has 31 heavy (non-hydrogen) atoms. The number of nitrogens with zero attached hydrogens (tertiary/aromatic N) is 2. The molecular weight excluding hydrogens is 416 g/mol. The van der Waals surface area contributed by atoms with Crippen molar-refractivity contribution in [3.05, 3.63) is 71.4 Å². The lowest BCUT2D eigenvalue weighted by molar-refractivity contribution is 0.102. The fourth-order valence-corrected chi connectivity index (χ4v) is 4.62. The van der Waals surface area contributed by atoms with Crippen LogP contribution in [-0.2, 0) is 27.6 Å². The molecule has 4 rings (SSSR count). The van der Waals surface area contributed by atoms with Gasteiger partial charge in [-0.3, -0.25) is 4.79 Å². The third kappa shape index (κ3) is 4.53. The number of fused-ring (bicyclic) bond motifs is 1. The Morgan fingerprint density at radius 1 is 1.10 bits per heavy atom. The maximum absolute atomic E-state index is 12.9. The average molecular weight is 441 g/mol. The molecule has 0 saturated heterocycles. The van der Waals surface area contributed by atoms with Crippen LogP contribution in [0.25, 0.3) is 5.69 Å². The van der Waals surface area contributed by atoms with Gasteiger partial charge >= 0.3 is 0 Å². The minimum absolute atomic E-state index is 0.0929. The minimum atomic E-state index is -3.65. The highest BCUT2D eigenvalue weighted by atomic mass is 32.2. The molecule has 1 aliphatic carbocycles. The Morgan fingerprint density at radius 2 is 1.84 bits per heavy atom. The van der Waals surface area contributed by atoms with Crippen LogP contribution in [0.5, 0.6) is 0 Å². The molecule has 2 N–H and O–H groups in total. The topological polar surface area (TPSA) is 102 Å². The summed E-state index contributed by atoms with van der Waals surface area (Å²) in [7, 11) is -2.15. The number of rotatable bonds is 8. The van der Waals surface area contributed by atoms with Crippen LogP contribution in [0.2, 0.25) is 0 Å². The molecule has 0 aliphatic heterocycles. The lowest BCUT2D eigenvalue weighted by Gasteiger charge is -2.12. The molecule has 1 amide bonds. The molecule has 0 radical (unpaired) electrons. The summed E-state index contributed by atoms with van der Waals surface area (Å²) >= 11 is 0. The second-order valence-electron chi connectivity index (χ2n) is 7.24. The van der Waals surface area contributed by atoms with Crippen molar-refractivity contribution in [2.45, 2.75) is 24.2 Å². The largest absolute Gasteiger partial charge is 0.383 e. The van der Waals surface area contributed by atoms with E-state index >= 15 is 0 Å². The number of nitrogens with one attached hydrogen (secondary N) is 2. The van der Waals surface area contributed by atoms with Crippen LogP contribution in [0, 0.1) is 0 Å². The third-order valence-electron chi connectivity index (χ3n) is 5.16. The first kappa shape index (κ1) is 21.2. The number of carbonyl (C=O) groups excluding carboxylic acids is 1. The van der Waals surface area contributed by atoms with E-state index in [2.05, 4.69) is 10.0 Å². The van der Waals surface area contributed by atoms with Crippen LogP contribution in [0.4, 0.5) is 5.82 Å². The molecule has 9 heteroatoms. The Morgan fingerprint density at radius 3 is 2.55 bits per heavy atom. The zero-order chi connectivity index (χ0) is 21.8. The number of ether oxygens (including phenoxy) is 1. The normalized spacial score (nSPS) is 13.2. The molecule has 1 aromatic heterocycles. The molecule has 0 saturated carbocycles. The summed E-state index contributed by atoms with van der Waals surface area (Å²) < 4.78 is 33.7. The second kappa shape index (κ2) is 9.01. The Balaban J connectivity index is 1.56. The average Bonchev–Trinajstić information content (AvgIpc) is 3.37. The Hall–Kier alpha value is -3.01. The number of methoxy groups -OCH3 is 1. The monoisotopic (exact) mass is 440 g/mol. The van der Waals surface area contributed by atoms with Crippen molar-refractivity contribution in [2.75, 3.05) is 25.6 Å². The number of carbonyl (C=O) groups is 1. The molecule has 0 bridgehead atoms. The quantitative estimate of drug-likeness (QED) is 0.524. The van der Waals surface area contributed by atoms with E-state index in [0.29, 0.717) is 11.4 Å². The molecule has 0 spiro atoms. The van der Waals surface area contributed by atoms with E-state index < -0.39 is 10.0 Å². The summed E-state index contributed by atoms with van der Waals surface area (Å²) in [4.78, 5) is 13.0. The van der Waals surface area contributed by atoms with Crippen molar-refractivity contribution < 1.29 is 17.9 Å². The van der Waals surface area contributed by atoms with Crippen LogP contribution in [0.3, 0.4) is 0 Å². The number of aryl methyl sites for hydroxylation is 1. The second-order valence-corrected chi connectivity index (χ2v) is 9.01. The first-order valence-electron chi connectivity index (χ1n) is 10.1. The fourth-order valence-electron chi connectivity index (χ4n) is 3.60. The highest BCUT2D eigenvalue weighted by molar-refractivity contribution is 7.89. The predicted octanol–water partition coefficient (Wildman–Crippen LogP) is 2.54. The molecule has 8 nitrogen and oxygen atoms in total. The van der Waals surface area contributed by atoms with Gasteiger partial charge in [0.25, 0.3) is 5.91 Å². The first-order valence-corrected chi connectivity index (χ1v) is 11.5. The summed E-state index contributed by atoms with van der Waals surface area (Å²) in [5.41, 5.74) is 3.29. The maximum atomic E-state index is 12.9. The fraction of sp³-hybridized carbons (Fsp3) is 0.273. The molecule has 0 atom stereocenters. The van der Waals surface area contributed by atoms with Gasteiger partial charge in [-0.15, -0.1) is 0 Å². The van der Waals surface area contributed by atoms with Gasteiger partial charge in [-0.2, -0.15) is 5.10 Å². The zero-order valence-electron chi connectivity index (χ0n) is 17.2. The highest BCUT2D eigenvalue weighted by Gasteiger charge is 2.24. The molecule has 0 unspecified atom stereocenters. The van der Waals surface area contributed by atoms with E-state index in [0.717, 1.165) is 36.2 Å². The molecule has 2 aromatic carbocycles. The number of sulfonamides is 1. The molecule has 1 heterocycles. The van der Waals surface area contributed by atoms with Gasteiger partial charge in [-0.1, -0.05) is 18.2 Å². The molecule has 3 aromatic rings. The Bertz CT molecular complexity index is 1170. The van der Waals surface area contributed by atoms with Crippen molar-refractivity contribution in [3.63, 3.8) is 0 Å². The van der Waals surface area contributed by atoms with Crippen LogP contribution in [-0.4, -0.2) is 44.4 Å². The van der Waals surface area contributed by atoms with Crippen LogP contribution >= 0.6 is 0 Å². The van der Waals surface area contributed by atoms with Gasteiger partial charge in [0, 0.05) is 24.8 Å². The van der Waals surface area contributed by atoms with E-state index in [4.69, 9.17) is 9.84 Å². The lowest BCUT2D eigenvalue weighted by atomic mass is 10.2. The van der Waals surface area contributed by atoms with Crippen molar-refractivity contribution >= 4 is 21.7 Å². The lowest BCUT2D eigenvalue weighted by Crippen LogP contribution is -2.27. The molecule has 0 fully saturated rings. The van der Waals surface area contributed by atoms with Crippen LogP contribution in [0.15, 0.2) is 59.5 Å². The van der Waals surface area contributed by atoms with Crippen LogP contribution < -0.4 is 10.0 Å². The minimum Gasteiger partial charge on any atom is -0.383 e. The van der Waals surface area contributed by atoms with Gasteiger partial charge in [-0.05, 0) is 55.7 Å². The molecule has 1 aliphatic rings. The summed E-state index contributed by atoms with van der Waals surface area (Å²) in [5, 5.41) is 7.68. The maximum Gasteiger partial charge on any atom is 0.256 e. The number of benzene rings is 2. The highest BCUT2D eigenvalue weighted by Crippen LogP contribution is 2.31. The van der Waals surface area contributed by atoms with Crippen molar-refractivity contribution in [1.82, 2.24) is 14.5 Å². The van der Waals surface area contributed by atoms with Gasteiger partial charge in [-0.25, -0.2) is 17.8 Å². The number of anilines is 1. The smallest absolute Gasteiger partial charge is 0.256 e. The summed E-state index contributed by atoms with van der Waals surface area (Å²) in [6.07, 6.45) is 2.77. The third-order valence-corrected chi connectivity index (χ3v) is 6.64. The standard InChI is InChI=1S/C22H24N4O4S/c1-30-15-14-23-31(28,29)18-12-10-16(11-13-18)22(27)24-21-19-8-5-9-20(19)25-26(21)17-6-3-2-4-7-17/h2-4,6-7,10-13,23H,5,8-9,14-15H2,1H3,(H,24,27). The number of para-hydroxylation sites is 1. The SMILES string of the molecule is COCCNS(=O)(=O)c1ccc(C(=O)Nc2c3c(nn2-c2ccccc2)CCC3)cc1. The van der Waals surface area contributed by atoms with E-state index in [1.807, 2.05) is 30.3 Å². The van der Waals surface area contributed by atoms with Crippen molar-refractivity contribution in [1.29, 1.82) is 0 Å². The molecule has 162 valence electrons. The summed E-state index contributed by atoms with van der Waals surface area (Å²) in [5.74, 6) is 0.352. The van der Waals surface area contributed by atoms with Gasteiger partial charge in [0.1, 0.15) is 5.82 Å². The Labute approximate surface area is 181 Å². The van der Waals surface area contributed by atoms with Crippen LogP contribution in [0.1, 0.15) is 28.0 Å². The number of hydrogen-bond donors (Lipinski definition) is 2. The predicted molar refractivity (Wildman–Crippen MR) is 117 cm³/mol. The van der Waals surface area contributed by atoms with Gasteiger partial charge in [0.15, 0.2) is 0 Å². The van der Waals surface area contributed by atoms with Gasteiger partial charge < -0.3 is 10.1 Å². The number of amides is 1. The number of hydrogen-bond acceptors (Lipinski definition) is 5. The van der Waals surface area contributed by atoms with E-state index in [1.165, 1.54) is 31.4 Å². The Kier molecular flexibility index (Phi) is 6.17. The van der Waals surface area contributed by atoms with Gasteiger partial charge in [0.2, 0.25) is 10.0 Å². The van der Waals surface area contributed by atoms with E-state index in [-0.39, 0.29) is 24.0 Å². The van der Waals surface area contributed by atoms with Crippen molar-refractivity contribution in [3.8, 4) is 5.69 Å². The van der Waals surface area contributed by atoms with Crippen molar-refractivity contribution in [2.24, 2.45) is 0 Å². The summed E-state index contributed by atoms with van der Waals surface area (Å²) in [6.45, 7) is 0.453. The number of aromatic nitrogens is 2.